The summed E-state index contributed by atoms with van der Waals surface area (Å²) in [6, 6.07) is 29.0. The maximum Gasteiger partial charge on any atom is 0.255 e. The molecule has 1 N–H and O–H groups in total. The van der Waals surface area contributed by atoms with E-state index < -0.39 is 0 Å². The van der Waals surface area contributed by atoms with E-state index in [-0.39, 0.29) is 5.91 Å². The van der Waals surface area contributed by atoms with E-state index in [1.165, 1.54) is 0 Å². The number of carbonyl (C=O) groups excluding carboxylic acids is 1. The van der Waals surface area contributed by atoms with Crippen LogP contribution in [0.25, 0.3) is 20.8 Å². The summed E-state index contributed by atoms with van der Waals surface area (Å²) in [4.78, 5) is 18.0. The number of nitrogens with one attached hydrogen (secondary N) is 1. The first-order valence-electron chi connectivity index (χ1n) is 10.5. The molecule has 7 heteroatoms. The zero-order valence-electron chi connectivity index (χ0n) is 17.8. The fraction of sp³-hybridized carbons (Fsp3) is 0.0370. The van der Waals surface area contributed by atoms with E-state index in [1.807, 2.05) is 78.9 Å². The molecule has 0 aliphatic rings. The molecule has 0 radical (unpaired) electrons. The molecule has 5 rings (SSSR count). The SMILES string of the molecule is O=C(Nc1c(Br)cc(Br)cc1-c1nc2ccccc2s1)c1cccc(OCc2ccccc2)c1. The van der Waals surface area contributed by atoms with Crippen molar-refractivity contribution in [2.75, 3.05) is 5.32 Å². The maximum absolute atomic E-state index is 13.2. The van der Waals surface area contributed by atoms with E-state index in [4.69, 9.17) is 9.72 Å². The molecule has 0 fully saturated rings. The molecule has 4 aromatic carbocycles. The van der Waals surface area contributed by atoms with Crippen LogP contribution in [0.15, 0.2) is 99.9 Å². The summed E-state index contributed by atoms with van der Waals surface area (Å²) in [5.41, 5.74) is 4.02. The fourth-order valence-electron chi connectivity index (χ4n) is 3.51. The van der Waals surface area contributed by atoms with E-state index in [0.29, 0.717) is 23.6 Å². The number of thiazole rings is 1. The lowest BCUT2D eigenvalue weighted by molar-refractivity contribution is 0.102. The zero-order valence-corrected chi connectivity index (χ0v) is 21.8. The van der Waals surface area contributed by atoms with Crippen LogP contribution in [0.2, 0.25) is 0 Å². The van der Waals surface area contributed by atoms with Gasteiger partial charge in [0.1, 0.15) is 17.4 Å². The lowest BCUT2D eigenvalue weighted by atomic mass is 10.1. The monoisotopic (exact) mass is 592 g/mol. The van der Waals surface area contributed by atoms with Crippen LogP contribution in [-0.2, 0) is 6.61 Å². The Morgan fingerprint density at radius 1 is 0.912 bits per heavy atom. The van der Waals surface area contributed by atoms with Crippen LogP contribution in [0, 0.1) is 0 Å². The molecule has 34 heavy (non-hydrogen) atoms. The second-order valence-corrected chi connectivity index (χ2v) is 10.4. The second kappa shape index (κ2) is 10.1. The van der Waals surface area contributed by atoms with Crippen molar-refractivity contribution in [3.8, 4) is 16.3 Å². The Labute approximate surface area is 217 Å². The van der Waals surface area contributed by atoms with Crippen LogP contribution in [0.3, 0.4) is 0 Å². The van der Waals surface area contributed by atoms with E-state index in [9.17, 15) is 4.79 Å². The summed E-state index contributed by atoms with van der Waals surface area (Å²) < 4.78 is 8.64. The fourth-order valence-corrected chi connectivity index (χ4v) is 5.82. The summed E-state index contributed by atoms with van der Waals surface area (Å²) in [7, 11) is 0. The number of benzene rings is 4. The maximum atomic E-state index is 13.2. The van der Waals surface area contributed by atoms with Crippen molar-refractivity contribution in [1.29, 1.82) is 0 Å². The van der Waals surface area contributed by atoms with Gasteiger partial charge in [0.05, 0.1) is 15.9 Å². The molecule has 0 saturated heterocycles. The number of hydrogen-bond acceptors (Lipinski definition) is 4. The lowest BCUT2D eigenvalue weighted by Gasteiger charge is -2.13. The third kappa shape index (κ3) is 5.06. The second-order valence-electron chi connectivity index (χ2n) is 7.55. The van der Waals surface area contributed by atoms with Gasteiger partial charge in [-0.25, -0.2) is 4.98 Å². The predicted molar refractivity (Wildman–Crippen MR) is 146 cm³/mol. The smallest absolute Gasteiger partial charge is 0.255 e. The van der Waals surface area contributed by atoms with Gasteiger partial charge in [-0.3, -0.25) is 4.79 Å². The van der Waals surface area contributed by atoms with E-state index in [0.717, 1.165) is 35.3 Å². The van der Waals surface area contributed by atoms with E-state index >= 15 is 0 Å². The average molecular weight is 594 g/mol. The first-order valence-corrected chi connectivity index (χ1v) is 12.9. The number of rotatable bonds is 6. The molecule has 1 amide bonds. The minimum absolute atomic E-state index is 0.226. The third-order valence-electron chi connectivity index (χ3n) is 5.16. The first-order chi connectivity index (χ1) is 16.6. The standard InChI is InChI=1S/C27H18Br2N2O2S/c28-19-14-21(27-30-23-11-4-5-12-24(23)34-27)25(22(29)15-19)31-26(32)18-9-6-10-20(13-18)33-16-17-7-2-1-3-8-17/h1-15H,16H2,(H,31,32). The van der Waals surface area contributed by atoms with Gasteiger partial charge >= 0.3 is 0 Å². The molecular formula is C27H18Br2N2O2S. The minimum Gasteiger partial charge on any atom is -0.489 e. The molecule has 1 heterocycles. The highest BCUT2D eigenvalue weighted by Gasteiger charge is 2.18. The van der Waals surface area contributed by atoms with Crippen LogP contribution in [0.1, 0.15) is 15.9 Å². The number of aromatic nitrogens is 1. The number of carbonyl (C=O) groups is 1. The number of amides is 1. The normalized spacial score (nSPS) is 10.9. The number of anilines is 1. The lowest BCUT2D eigenvalue weighted by Crippen LogP contribution is -2.13. The van der Waals surface area contributed by atoms with Crippen molar-refractivity contribution in [1.82, 2.24) is 4.98 Å². The van der Waals surface area contributed by atoms with Crippen LogP contribution < -0.4 is 10.1 Å². The van der Waals surface area contributed by atoms with Crippen molar-refractivity contribution >= 4 is 65.0 Å². The van der Waals surface area contributed by atoms with Gasteiger partial charge in [0.25, 0.3) is 5.91 Å². The van der Waals surface area contributed by atoms with Crippen molar-refractivity contribution in [3.63, 3.8) is 0 Å². The Kier molecular flexibility index (Phi) is 6.76. The Balaban J connectivity index is 1.42. The molecule has 0 saturated carbocycles. The van der Waals surface area contributed by atoms with Gasteiger partial charge in [0.15, 0.2) is 0 Å². The van der Waals surface area contributed by atoms with Crippen molar-refractivity contribution in [2.45, 2.75) is 6.61 Å². The van der Waals surface area contributed by atoms with Gasteiger partial charge in [-0.1, -0.05) is 64.5 Å². The Morgan fingerprint density at radius 3 is 2.53 bits per heavy atom. The van der Waals surface area contributed by atoms with E-state index in [1.54, 1.807) is 23.5 Å². The summed E-state index contributed by atoms with van der Waals surface area (Å²) >= 11 is 8.76. The van der Waals surface area contributed by atoms with Gasteiger partial charge in [-0.15, -0.1) is 11.3 Å². The van der Waals surface area contributed by atoms with Gasteiger partial charge in [-0.05, 0) is 64.0 Å². The molecule has 5 aromatic rings. The van der Waals surface area contributed by atoms with Gasteiger partial charge in [0, 0.05) is 20.1 Å². The van der Waals surface area contributed by atoms with Gasteiger partial charge in [0.2, 0.25) is 0 Å². The molecule has 0 bridgehead atoms. The third-order valence-corrected chi connectivity index (χ3v) is 7.32. The predicted octanol–water partition coefficient (Wildman–Crippen LogP) is 8.32. The molecule has 0 aliphatic heterocycles. The first kappa shape index (κ1) is 22.8. The quantitative estimate of drug-likeness (QED) is 0.215. The van der Waals surface area contributed by atoms with Crippen LogP contribution in [0.4, 0.5) is 5.69 Å². The average Bonchev–Trinajstić information content (AvgIpc) is 3.29. The number of hydrogen-bond donors (Lipinski definition) is 1. The molecule has 168 valence electrons. The molecule has 0 unspecified atom stereocenters. The molecule has 0 spiro atoms. The highest BCUT2D eigenvalue weighted by Crippen LogP contribution is 2.40. The van der Waals surface area contributed by atoms with Crippen LogP contribution >= 0.6 is 43.2 Å². The van der Waals surface area contributed by atoms with E-state index in [2.05, 4.69) is 37.2 Å². The number of para-hydroxylation sites is 1. The number of nitrogens with zero attached hydrogens (tertiary/aromatic N) is 1. The Hall–Kier alpha value is -3.00. The molecule has 1 aromatic heterocycles. The largest absolute Gasteiger partial charge is 0.489 e. The molecular weight excluding hydrogens is 576 g/mol. The highest BCUT2D eigenvalue weighted by atomic mass is 79.9. The molecule has 0 aliphatic carbocycles. The summed E-state index contributed by atoms with van der Waals surface area (Å²) in [6.45, 7) is 0.436. The summed E-state index contributed by atoms with van der Waals surface area (Å²) in [5, 5.41) is 3.90. The zero-order chi connectivity index (χ0) is 23.5. The van der Waals surface area contributed by atoms with Crippen LogP contribution in [-0.4, -0.2) is 10.9 Å². The summed E-state index contributed by atoms with van der Waals surface area (Å²) in [6.07, 6.45) is 0. The summed E-state index contributed by atoms with van der Waals surface area (Å²) in [5.74, 6) is 0.410. The number of halogens is 2. The Bertz CT molecular complexity index is 1450. The van der Waals surface area contributed by atoms with Crippen molar-refractivity contribution in [3.05, 3.63) is 111 Å². The Morgan fingerprint density at radius 2 is 1.71 bits per heavy atom. The highest BCUT2D eigenvalue weighted by molar-refractivity contribution is 9.11. The van der Waals surface area contributed by atoms with Crippen molar-refractivity contribution < 1.29 is 9.53 Å². The topological polar surface area (TPSA) is 51.2 Å². The number of fused-ring (bicyclic) bond motifs is 1. The van der Waals surface area contributed by atoms with Gasteiger partial charge in [-0.2, -0.15) is 0 Å². The molecule has 0 atom stereocenters. The molecule has 4 nitrogen and oxygen atoms in total. The van der Waals surface area contributed by atoms with Crippen molar-refractivity contribution in [2.24, 2.45) is 0 Å². The minimum atomic E-state index is -0.226. The van der Waals surface area contributed by atoms with Gasteiger partial charge < -0.3 is 10.1 Å². The number of ether oxygens (including phenoxy) is 1. The van der Waals surface area contributed by atoms with Crippen LogP contribution in [0.5, 0.6) is 5.75 Å².